The van der Waals surface area contributed by atoms with E-state index < -0.39 is 185 Å². The first kappa shape index (κ1) is 47.4. The Balaban J connectivity index is 0.920. The highest BCUT2D eigenvalue weighted by Crippen LogP contribution is 2.56. The van der Waals surface area contributed by atoms with Gasteiger partial charge in [0.05, 0.1) is 66.3 Å². The molecule has 0 fully saturated rings. The van der Waals surface area contributed by atoms with Gasteiger partial charge < -0.3 is 23.4 Å². The summed E-state index contributed by atoms with van der Waals surface area (Å²) < 4.78 is 239. The second-order valence-electron chi connectivity index (χ2n) is 32.1. The van der Waals surface area contributed by atoms with Gasteiger partial charge in [0, 0.05) is 88.7 Å². The van der Waals surface area contributed by atoms with Gasteiger partial charge in [0.1, 0.15) is 11.2 Å². The molecule has 0 saturated heterocycles. The van der Waals surface area contributed by atoms with Crippen LogP contribution in [0.2, 0.25) is 0 Å². The van der Waals surface area contributed by atoms with Crippen molar-refractivity contribution < 1.29 is 37.3 Å². The van der Waals surface area contributed by atoms with Gasteiger partial charge in [-0.3, -0.25) is 0 Å². The molecule has 0 unspecified atom stereocenters. The molecule has 13 bridgehead atoms. The lowest BCUT2D eigenvalue weighted by Gasteiger charge is -2.46. The van der Waals surface area contributed by atoms with E-state index in [1.54, 1.807) is 12.1 Å². The number of hydrogen-bond donors (Lipinski definition) is 0. The Morgan fingerprint density at radius 1 is 0.276 bits per heavy atom. The molecular formula is C110H79BN4O. The van der Waals surface area contributed by atoms with Crippen molar-refractivity contribution in [2.24, 2.45) is 0 Å². The summed E-state index contributed by atoms with van der Waals surface area (Å²) in [6.45, 7) is 12.1. The normalized spacial score (nSPS) is 15.8. The number of para-hydroxylation sites is 2. The third kappa shape index (κ3) is 10.6. The summed E-state index contributed by atoms with van der Waals surface area (Å²) in [5, 5.41) is 0.703. The summed E-state index contributed by atoms with van der Waals surface area (Å²) in [6, 6.07) is 58.7. The largest absolute Gasteiger partial charge is 0.456 e. The predicted molar refractivity (Wildman–Crippen MR) is 491 cm³/mol. The Morgan fingerprint density at radius 3 is 1.09 bits per heavy atom. The van der Waals surface area contributed by atoms with Gasteiger partial charge in [-0.25, -0.2) is 0 Å². The van der Waals surface area contributed by atoms with E-state index in [0.717, 1.165) is 94.1 Å². The van der Waals surface area contributed by atoms with E-state index in [-0.39, 0.29) is 55.0 Å². The van der Waals surface area contributed by atoms with Gasteiger partial charge in [0.2, 0.25) is 0 Å². The number of nitrogens with zero attached hydrogens (tertiary/aromatic N) is 4. The van der Waals surface area contributed by atoms with Gasteiger partial charge in [-0.05, 0) is 238 Å². The molecule has 116 heavy (non-hydrogen) atoms. The number of anilines is 6. The van der Waals surface area contributed by atoms with Crippen molar-refractivity contribution in [3.8, 4) is 100 Å². The molecule has 6 heteroatoms. The van der Waals surface area contributed by atoms with Crippen LogP contribution in [0, 0.1) is 0 Å². The number of hydrogen-bond acceptors (Lipinski definition) is 3. The molecule has 20 aromatic rings. The van der Waals surface area contributed by atoms with E-state index in [2.05, 4.69) is 173 Å². The molecule has 548 valence electrons. The third-order valence-corrected chi connectivity index (χ3v) is 23.3. The molecular weight excluding hydrogens is 1400 g/mol. The zero-order chi connectivity index (χ0) is 98.3. The van der Waals surface area contributed by atoms with Crippen molar-refractivity contribution in [2.45, 2.75) is 52.4 Å². The maximum absolute atomic E-state index is 10.4. The van der Waals surface area contributed by atoms with E-state index >= 15 is 0 Å². The SMILES string of the molecule is [2H]c1c([2H])c([2H])c(-c2c([2H])c([2H])c3c(c2[2H])c2c([2H])c([2H])c([2H])c([2H])c2n3-c2ccc3c(c2)N2c4cccc5c4B3c3ccc(-n4c6c([2H])c([2H])c([2H])c([2H])c6c6c([2H])c(-c7c([2H])c([2H])c([2H])c([2H])c7[2H])c([2H])c([2H])c64)cc3N5c3c(-c4ccccc4)cc(C(C)(C)C)cc3-c3cccc(c3)-c3ccc4oc5ccc(cc5c4c3)-c3cccc(c3)-c3cc(C(C)(C)C)cc(-c4ccccc4)c32)c([2H])c1[2H]. The highest BCUT2D eigenvalue weighted by Gasteiger charge is 2.46. The molecule has 3 aliphatic rings. The van der Waals surface area contributed by atoms with Crippen LogP contribution in [-0.4, -0.2) is 15.8 Å². The Labute approximate surface area is 709 Å². The molecule has 23 rings (SSSR count). The maximum atomic E-state index is 10.4. The molecule has 0 amide bonds. The minimum absolute atomic E-state index is 0.161. The van der Waals surface area contributed by atoms with E-state index in [9.17, 15) is 24.7 Å². The Hall–Kier alpha value is -14.2. The number of aromatic nitrogens is 2. The highest BCUT2D eigenvalue weighted by atomic mass is 16.3. The lowest BCUT2D eigenvalue weighted by Crippen LogP contribution is -2.61. The van der Waals surface area contributed by atoms with Gasteiger partial charge >= 0.3 is 0 Å². The zero-order valence-corrected chi connectivity index (χ0v) is 63.6. The quantitative estimate of drug-likeness (QED) is 0.155. The van der Waals surface area contributed by atoms with Crippen LogP contribution in [0.3, 0.4) is 0 Å². The van der Waals surface area contributed by atoms with E-state index in [0.29, 0.717) is 56.2 Å². The van der Waals surface area contributed by atoms with E-state index in [1.807, 2.05) is 91.0 Å². The minimum atomic E-state index is -0.926. The van der Waals surface area contributed by atoms with Crippen LogP contribution in [-0.2, 0) is 10.8 Å². The summed E-state index contributed by atoms with van der Waals surface area (Å²) in [5.74, 6) is 0. The molecule has 3 aliphatic heterocycles. The Morgan fingerprint density at radius 2 is 0.655 bits per heavy atom. The predicted octanol–water partition coefficient (Wildman–Crippen LogP) is 28.1. The highest BCUT2D eigenvalue weighted by molar-refractivity contribution is 7.00. The first-order valence-electron chi connectivity index (χ1n) is 50.7. The van der Waals surface area contributed by atoms with Gasteiger partial charge in [-0.15, -0.1) is 0 Å². The van der Waals surface area contributed by atoms with E-state index in [4.69, 9.17) is 12.6 Å². The average molecular weight is 1510 g/mol. The number of benzene rings is 17. The summed E-state index contributed by atoms with van der Waals surface area (Å²) in [7, 11) is 0. The fourth-order valence-electron chi connectivity index (χ4n) is 17.8. The van der Waals surface area contributed by atoms with Gasteiger partial charge in [-0.1, -0.05) is 278 Å². The first-order chi connectivity index (χ1) is 66.8. The summed E-state index contributed by atoms with van der Waals surface area (Å²) in [6.07, 6.45) is 0. The number of fused-ring (bicyclic) bond motifs is 26. The average Bonchev–Trinajstić information content (AvgIpc) is 0.980. The standard InChI is InChI=1S/C110H79BN4O/c1-109(2,3)80-62-86(70-30-15-9-16-31-70)107-88(64-80)78-36-23-34-72(56-78)76-46-54-104-92(60-76)93-61-77(47-55-105(93)116-104)73-35-24-37-79(57-73)89-65-81(110(4,5)6)63-87(71-32-17-10-18-33-71)108(89)115-101-43-25-42-100-106(101)111(95-51-49-83(67-103(95)115)113-97-41-22-20-39-85(97)91-59-75(45-53-99(91)113)69-28-13-8-14-29-69)94-50-48-82(66-102(94)114(100)107)112-96-40-21-19-38-84(96)90-58-74(44-52-98(90)112)68-26-11-7-12-27-68/h7-67H,1-6H3/i7D,8D,11D,12D,13D,14D,19D,20D,21D,22D,26D,27D,28D,29D,38D,39D,40D,41D,44D,45D,52D,53D,58D,59D. The minimum Gasteiger partial charge on any atom is -0.456 e. The molecule has 6 heterocycles. The molecule has 0 saturated carbocycles. The van der Waals surface area contributed by atoms with Gasteiger partial charge in [0.25, 0.3) is 6.71 Å². The summed E-state index contributed by atoms with van der Waals surface area (Å²) in [5.41, 5.74) is 14.5. The molecule has 17 aromatic carbocycles. The Kier molecular flexibility index (Phi) is 10.5. The van der Waals surface area contributed by atoms with Crippen LogP contribution in [0.15, 0.2) is 374 Å². The van der Waals surface area contributed by atoms with E-state index in [1.165, 1.54) is 9.13 Å². The van der Waals surface area contributed by atoms with Crippen LogP contribution < -0.4 is 26.2 Å². The molecule has 5 nitrogen and oxygen atoms in total. The van der Waals surface area contributed by atoms with Crippen molar-refractivity contribution in [3.63, 3.8) is 0 Å². The lowest BCUT2D eigenvalue weighted by atomic mass is 9.33. The smallest absolute Gasteiger partial charge is 0.252 e. The van der Waals surface area contributed by atoms with Gasteiger partial charge in [-0.2, -0.15) is 0 Å². The van der Waals surface area contributed by atoms with Crippen molar-refractivity contribution >= 4 is 123 Å². The van der Waals surface area contributed by atoms with Crippen LogP contribution in [0.1, 0.15) is 85.6 Å². The topological polar surface area (TPSA) is 29.5 Å². The molecule has 0 spiro atoms. The maximum Gasteiger partial charge on any atom is 0.252 e. The van der Waals surface area contributed by atoms with Crippen LogP contribution in [0.4, 0.5) is 34.1 Å². The molecule has 0 atom stereocenters. The van der Waals surface area contributed by atoms with Crippen molar-refractivity contribution in [1.82, 2.24) is 9.13 Å². The van der Waals surface area contributed by atoms with Crippen LogP contribution in [0.25, 0.3) is 166 Å². The molecule has 3 aromatic heterocycles. The van der Waals surface area contributed by atoms with Crippen LogP contribution in [0.5, 0.6) is 0 Å². The second kappa shape index (κ2) is 25.7. The van der Waals surface area contributed by atoms with Crippen molar-refractivity contribution in [1.29, 1.82) is 0 Å². The Bertz CT molecular complexity index is 8480. The summed E-state index contributed by atoms with van der Waals surface area (Å²) >= 11 is 0. The molecule has 0 radical (unpaired) electrons. The summed E-state index contributed by atoms with van der Waals surface area (Å²) in [4.78, 5) is 4.47. The van der Waals surface area contributed by atoms with Crippen molar-refractivity contribution in [2.75, 3.05) is 9.80 Å². The van der Waals surface area contributed by atoms with Gasteiger partial charge in [0.15, 0.2) is 0 Å². The zero-order valence-electron chi connectivity index (χ0n) is 87.6. The number of rotatable bonds is 6. The number of furan rings is 1. The molecule has 0 N–H and O–H groups in total. The monoisotopic (exact) mass is 1510 g/mol. The fraction of sp³-hybridized carbons (Fsp3) is 0.0727. The molecule has 0 aliphatic carbocycles. The fourth-order valence-corrected chi connectivity index (χ4v) is 17.8. The first-order valence-corrected chi connectivity index (χ1v) is 38.7. The van der Waals surface area contributed by atoms with Crippen molar-refractivity contribution in [3.05, 3.63) is 381 Å². The second-order valence-corrected chi connectivity index (χ2v) is 32.1. The third-order valence-electron chi connectivity index (χ3n) is 23.3. The van der Waals surface area contributed by atoms with Crippen LogP contribution >= 0.6 is 0 Å². The lowest BCUT2D eigenvalue weighted by molar-refractivity contribution is 0.590.